The summed E-state index contributed by atoms with van der Waals surface area (Å²) in [6, 6.07) is 0. The minimum absolute atomic E-state index is 0.116. The standard InChI is InChI=1S/C7H15NO3/c9-4-6(11)3-8-7(5-10)1-2-7/h6,8-11H,1-5H2. The molecule has 4 N–H and O–H groups in total. The molecule has 0 heterocycles. The van der Waals surface area contributed by atoms with Crippen molar-refractivity contribution in [1.29, 1.82) is 0 Å². The SMILES string of the molecule is OCC(O)CNC1(CO)CC1. The zero-order valence-electron chi connectivity index (χ0n) is 6.45. The van der Waals surface area contributed by atoms with Gasteiger partial charge in [-0.15, -0.1) is 0 Å². The van der Waals surface area contributed by atoms with Gasteiger partial charge in [-0.1, -0.05) is 0 Å². The number of nitrogens with one attached hydrogen (secondary N) is 1. The van der Waals surface area contributed by atoms with Crippen molar-refractivity contribution < 1.29 is 15.3 Å². The first-order valence-electron chi connectivity index (χ1n) is 3.87. The second-order valence-electron chi connectivity index (χ2n) is 3.16. The molecule has 1 unspecified atom stereocenters. The van der Waals surface area contributed by atoms with Gasteiger partial charge in [0.05, 0.1) is 19.3 Å². The highest BCUT2D eigenvalue weighted by Crippen LogP contribution is 2.34. The molecule has 4 nitrogen and oxygen atoms in total. The average molecular weight is 161 g/mol. The van der Waals surface area contributed by atoms with Crippen LogP contribution in [0.1, 0.15) is 12.8 Å². The lowest BCUT2D eigenvalue weighted by atomic mass is 10.2. The van der Waals surface area contributed by atoms with Crippen LogP contribution in [0.25, 0.3) is 0 Å². The predicted octanol–water partition coefficient (Wildman–Crippen LogP) is -1.55. The number of hydrogen-bond acceptors (Lipinski definition) is 4. The number of hydrogen-bond donors (Lipinski definition) is 4. The molecule has 11 heavy (non-hydrogen) atoms. The lowest BCUT2D eigenvalue weighted by Crippen LogP contribution is -2.40. The predicted molar refractivity (Wildman–Crippen MR) is 40.1 cm³/mol. The normalized spacial score (nSPS) is 23.2. The molecule has 0 aromatic rings. The summed E-state index contributed by atoms with van der Waals surface area (Å²) in [7, 11) is 0. The largest absolute Gasteiger partial charge is 0.394 e. The molecule has 0 aliphatic heterocycles. The molecule has 1 aliphatic rings. The van der Waals surface area contributed by atoms with E-state index in [0.717, 1.165) is 12.8 Å². The van der Waals surface area contributed by atoms with Crippen molar-refractivity contribution in [2.75, 3.05) is 19.8 Å². The summed E-state index contributed by atoms with van der Waals surface area (Å²) in [4.78, 5) is 0. The van der Waals surface area contributed by atoms with Crippen LogP contribution < -0.4 is 5.32 Å². The maximum atomic E-state index is 8.95. The molecule has 4 heteroatoms. The number of aliphatic hydroxyl groups is 3. The molecule has 1 saturated carbocycles. The van der Waals surface area contributed by atoms with E-state index in [1.807, 2.05) is 0 Å². The van der Waals surface area contributed by atoms with Crippen LogP contribution in [0.4, 0.5) is 0 Å². The van der Waals surface area contributed by atoms with E-state index >= 15 is 0 Å². The number of rotatable bonds is 5. The molecule has 0 saturated heterocycles. The van der Waals surface area contributed by atoms with E-state index in [9.17, 15) is 0 Å². The Labute approximate surface area is 65.9 Å². The monoisotopic (exact) mass is 161 g/mol. The van der Waals surface area contributed by atoms with Crippen molar-refractivity contribution in [2.45, 2.75) is 24.5 Å². The van der Waals surface area contributed by atoms with Crippen LogP contribution in [-0.4, -0.2) is 46.7 Å². The van der Waals surface area contributed by atoms with Crippen LogP contribution in [-0.2, 0) is 0 Å². The Morgan fingerprint density at radius 3 is 2.36 bits per heavy atom. The topological polar surface area (TPSA) is 72.7 Å². The van der Waals surface area contributed by atoms with E-state index in [0.29, 0.717) is 6.54 Å². The summed E-state index contributed by atoms with van der Waals surface area (Å²) in [5, 5.41) is 29.3. The Morgan fingerprint density at radius 2 is 2.00 bits per heavy atom. The van der Waals surface area contributed by atoms with Gasteiger partial charge in [0.2, 0.25) is 0 Å². The summed E-state index contributed by atoms with van der Waals surface area (Å²) in [5.41, 5.74) is -0.143. The summed E-state index contributed by atoms with van der Waals surface area (Å²) >= 11 is 0. The fourth-order valence-electron chi connectivity index (χ4n) is 0.941. The third kappa shape index (κ3) is 2.41. The van der Waals surface area contributed by atoms with Crippen molar-refractivity contribution in [2.24, 2.45) is 0 Å². The fourth-order valence-corrected chi connectivity index (χ4v) is 0.941. The highest BCUT2D eigenvalue weighted by molar-refractivity contribution is 5.01. The molecule has 1 aliphatic carbocycles. The van der Waals surface area contributed by atoms with Crippen LogP contribution in [0.3, 0.4) is 0 Å². The first-order valence-corrected chi connectivity index (χ1v) is 3.87. The van der Waals surface area contributed by atoms with Gasteiger partial charge in [-0.05, 0) is 12.8 Å². The lowest BCUT2D eigenvalue weighted by molar-refractivity contribution is 0.0871. The van der Waals surface area contributed by atoms with Crippen molar-refractivity contribution in [1.82, 2.24) is 5.32 Å². The molecule has 1 atom stereocenters. The minimum Gasteiger partial charge on any atom is -0.394 e. The van der Waals surface area contributed by atoms with Gasteiger partial charge < -0.3 is 20.6 Å². The van der Waals surface area contributed by atoms with Gasteiger partial charge in [-0.3, -0.25) is 0 Å². The molecule has 66 valence electrons. The van der Waals surface area contributed by atoms with Crippen LogP contribution in [0.5, 0.6) is 0 Å². The first-order chi connectivity index (χ1) is 5.22. The van der Waals surface area contributed by atoms with E-state index in [-0.39, 0.29) is 18.8 Å². The second kappa shape index (κ2) is 3.49. The maximum Gasteiger partial charge on any atom is 0.0895 e. The molecule has 1 rings (SSSR count). The Morgan fingerprint density at radius 1 is 1.36 bits per heavy atom. The van der Waals surface area contributed by atoms with Crippen LogP contribution in [0.15, 0.2) is 0 Å². The van der Waals surface area contributed by atoms with Gasteiger partial charge >= 0.3 is 0 Å². The van der Waals surface area contributed by atoms with Gasteiger partial charge in [-0.2, -0.15) is 0 Å². The van der Waals surface area contributed by atoms with E-state index in [2.05, 4.69) is 5.32 Å². The van der Waals surface area contributed by atoms with Gasteiger partial charge in [0.1, 0.15) is 0 Å². The third-order valence-electron chi connectivity index (χ3n) is 2.08. The molecule has 0 radical (unpaired) electrons. The minimum atomic E-state index is -0.709. The molecular weight excluding hydrogens is 146 g/mol. The second-order valence-corrected chi connectivity index (χ2v) is 3.16. The van der Waals surface area contributed by atoms with Crippen molar-refractivity contribution in [3.63, 3.8) is 0 Å². The van der Waals surface area contributed by atoms with Crippen LogP contribution in [0, 0.1) is 0 Å². The molecule has 0 spiro atoms. The zero-order chi connectivity index (χ0) is 8.32. The molecule has 0 amide bonds. The Hall–Kier alpha value is -0.160. The van der Waals surface area contributed by atoms with Gasteiger partial charge in [-0.25, -0.2) is 0 Å². The van der Waals surface area contributed by atoms with Crippen LogP contribution >= 0.6 is 0 Å². The fraction of sp³-hybridized carbons (Fsp3) is 1.00. The van der Waals surface area contributed by atoms with E-state index in [1.165, 1.54) is 0 Å². The summed E-state index contributed by atoms with van der Waals surface area (Å²) < 4.78 is 0. The molecular formula is C7H15NO3. The van der Waals surface area contributed by atoms with E-state index in [4.69, 9.17) is 15.3 Å². The molecule has 0 bridgehead atoms. The molecule has 0 aromatic carbocycles. The maximum absolute atomic E-state index is 8.95. The summed E-state index contributed by atoms with van der Waals surface area (Å²) in [5.74, 6) is 0. The Balaban J connectivity index is 2.11. The van der Waals surface area contributed by atoms with Crippen molar-refractivity contribution in [3.8, 4) is 0 Å². The highest BCUT2D eigenvalue weighted by atomic mass is 16.3. The first kappa shape index (κ1) is 8.93. The highest BCUT2D eigenvalue weighted by Gasteiger charge is 2.41. The lowest BCUT2D eigenvalue weighted by Gasteiger charge is -2.16. The Kier molecular flexibility index (Phi) is 2.84. The van der Waals surface area contributed by atoms with Crippen molar-refractivity contribution in [3.05, 3.63) is 0 Å². The number of aliphatic hydroxyl groups excluding tert-OH is 3. The van der Waals surface area contributed by atoms with Gasteiger partial charge in [0.25, 0.3) is 0 Å². The summed E-state index contributed by atoms with van der Waals surface area (Å²) in [6.45, 7) is 0.247. The van der Waals surface area contributed by atoms with Crippen LogP contribution in [0.2, 0.25) is 0 Å². The quantitative estimate of drug-likeness (QED) is 0.394. The van der Waals surface area contributed by atoms with E-state index in [1.54, 1.807) is 0 Å². The van der Waals surface area contributed by atoms with Gasteiger partial charge in [0, 0.05) is 12.1 Å². The summed E-state index contributed by atoms with van der Waals surface area (Å²) in [6.07, 6.45) is 1.21. The Bertz CT molecular complexity index is 125. The average Bonchev–Trinajstić information content (AvgIpc) is 2.81. The van der Waals surface area contributed by atoms with E-state index < -0.39 is 6.10 Å². The molecule has 0 aromatic heterocycles. The smallest absolute Gasteiger partial charge is 0.0895 e. The van der Waals surface area contributed by atoms with Crippen molar-refractivity contribution >= 4 is 0 Å². The third-order valence-corrected chi connectivity index (χ3v) is 2.08. The van der Waals surface area contributed by atoms with Gasteiger partial charge in [0.15, 0.2) is 0 Å². The number of β-amino-alcohol motifs (C(OH)–C–C–N with tert-alkyl or cyclic N) is 1. The molecule has 1 fully saturated rings. The zero-order valence-corrected chi connectivity index (χ0v) is 6.45.